The lowest BCUT2D eigenvalue weighted by Crippen LogP contribution is -2.66. The van der Waals surface area contributed by atoms with E-state index in [0.29, 0.717) is 50.8 Å². The van der Waals surface area contributed by atoms with Crippen LogP contribution in [0.2, 0.25) is 0 Å². The normalized spacial score (nSPS) is 15.6. The van der Waals surface area contributed by atoms with Crippen molar-refractivity contribution in [2.45, 2.75) is 24.4 Å². The highest BCUT2D eigenvalue weighted by Gasteiger charge is 2.45. The monoisotopic (exact) mass is 1310 g/mol. The fourth-order valence-electron chi connectivity index (χ4n) is 13.0. The van der Waals surface area contributed by atoms with Gasteiger partial charge >= 0.3 is 0 Å². The second-order valence-corrected chi connectivity index (χ2v) is 24.6. The zero-order chi connectivity index (χ0) is 68.2. The van der Waals surface area contributed by atoms with Crippen LogP contribution in [0.25, 0.3) is 11.4 Å². The number of rotatable bonds is 16. The Morgan fingerprint density at radius 2 is 0.500 bits per heavy atom. The molecule has 0 spiro atoms. The third kappa shape index (κ3) is 13.8. The van der Waals surface area contributed by atoms with E-state index in [1.54, 1.807) is 0 Å². The zero-order valence-electron chi connectivity index (χ0n) is 55.4. The Morgan fingerprint density at radius 1 is 0.255 bits per heavy atom. The second kappa shape index (κ2) is 29.7. The minimum absolute atomic E-state index is 0.246. The molecule has 2 N–H and O–H groups in total. The van der Waals surface area contributed by atoms with E-state index >= 15 is 0 Å². The Hall–Kier alpha value is -13.4. The Kier molecular flexibility index (Phi) is 18.5. The number of hydrogen-bond acceptors (Lipinski definition) is 12. The van der Waals surface area contributed by atoms with Gasteiger partial charge in [-0.2, -0.15) is 0 Å². The SMILES string of the molecule is c1ccc(C(=NC2=NC3=c4nc(N=C(c5ccccc5)c5ccccc5)c(N=C(c5ccccc5)c5ccccc5)nc4=C4NC(N=C(c5ccccc5)c5ccccc5)C(N=C(c5ccccc5)c5ccccc5)NC4C3N=C2N=C(c2ccccc2)c2ccccc2)c2ccccc2)cc1. The molecule has 102 heavy (non-hydrogen) atoms. The summed E-state index contributed by atoms with van der Waals surface area (Å²) in [6.45, 7) is 0. The number of amidine groups is 2. The van der Waals surface area contributed by atoms with Crippen molar-refractivity contribution in [2.75, 3.05) is 0 Å². The predicted molar refractivity (Wildman–Crippen MR) is 415 cm³/mol. The van der Waals surface area contributed by atoms with E-state index in [1.807, 2.05) is 218 Å². The maximum absolute atomic E-state index is 5.96. The highest BCUT2D eigenvalue weighted by atomic mass is 15.3. The van der Waals surface area contributed by atoms with Crippen molar-refractivity contribution in [3.63, 3.8) is 0 Å². The van der Waals surface area contributed by atoms with Crippen molar-refractivity contribution in [1.82, 2.24) is 20.6 Å². The van der Waals surface area contributed by atoms with Crippen molar-refractivity contribution in [2.24, 2.45) is 39.9 Å². The van der Waals surface area contributed by atoms with Gasteiger partial charge < -0.3 is 5.32 Å². The molecule has 3 aliphatic rings. The standard InChI is InChI=1S/C90H66N12/c1-13-37-61(38-14-1)73(62-39-15-2-16-40-62)91-85-86(92-74(63-41-17-3-18-42-63)64-43-19-4-20-44-64)98-80-79(97-85)81-83(101-88(94-76(67-49-25-7-26-50-67)68-51-27-8-28-52-68)87(99-81)93-75(65-45-21-5-22-46-65)66-47-23-6-24-48-66)84-82(80)100-89(95-77(69-53-29-9-30-54-69)70-55-31-10-32-56-70)90(102-84)96-78(71-57-33-11-34-58-71)72-59-35-12-36-60-72/h1-60,79,81,85-86,97-98H. The molecule has 0 amide bonds. The molecule has 1 fully saturated rings. The predicted octanol–water partition coefficient (Wildman–Crippen LogP) is 15.6. The summed E-state index contributed by atoms with van der Waals surface area (Å²) in [5.41, 5.74) is 16.0. The second-order valence-electron chi connectivity index (χ2n) is 24.6. The first-order chi connectivity index (χ1) is 50.6. The number of aromatic nitrogens is 2. The molecule has 12 nitrogen and oxygen atoms in total. The topological polar surface area (TPSA) is 149 Å². The van der Waals surface area contributed by atoms with Gasteiger partial charge in [0.2, 0.25) is 0 Å². The first-order valence-corrected chi connectivity index (χ1v) is 34.1. The van der Waals surface area contributed by atoms with Crippen LogP contribution in [0, 0.1) is 0 Å². The van der Waals surface area contributed by atoms with Gasteiger partial charge in [-0.1, -0.05) is 364 Å². The van der Waals surface area contributed by atoms with E-state index in [4.69, 9.17) is 49.9 Å². The van der Waals surface area contributed by atoms with Crippen molar-refractivity contribution < 1.29 is 0 Å². The van der Waals surface area contributed by atoms with Gasteiger partial charge in [0.1, 0.15) is 22.9 Å². The first-order valence-electron chi connectivity index (χ1n) is 34.1. The zero-order valence-corrected chi connectivity index (χ0v) is 55.4. The molecular weight excluding hydrogens is 1250 g/mol. The largest absolute Gasteiger partial charge is 0.361 e. The molecule has 4 unspecified atom stereocenters. The highest BCUT2D eigenvalue weighted by molar-refractivity contribution is 6.47. The van der Waals surface area contributed by atoms with Crippen molar-refractivity contribution in [1.29, 1.82) is 0 Å². The molecule has 0 saturated carbocycles. The molecule has 2 aliphatic heterocycles. The lowest BCUT2D eigenvalue weighted by Gasteiger charge is -2.42. The van der Waals surface area contributed by atoms with Crippen LogP contribution in [0.5, 0.6) is 0 Å². The van der Waals surface area contributed by atoms with Crippen molar-refractivity contribution in [3.05, 3.63) is 441 Å². The third-order valence-electron chi connectivity index (χ3n) is 17.9. The summed E-state index contributed by atoms with van der Waals surface area (Å²) in [5, 5.41) is 9.14. The molecule has 1 aliphatic carbocycles. The van der Waals surface area contributed by atoms with Crippen LogP contribution in [0.1, 0.15) is 66.8 Å². The van der Waals surface area contributed by atoms with Crippen LogP contribution in [-0.4, -0.2) is 80.3 Å². The van der Waals surface area contributed by atoms with E-state index < -0.39 is 24.4 Å². The van der Waals surface area contributed by atoms with E-state index in [0.717, 1.165) is 78.2 Å². The van der Waals surface area contributed by atoms with Crippen LogP contribution < -0.4 is 21.3 Å². The van der Waals surface area contributed by atoms with Gasteiger partial charge in [0.05, 0.1) is 51.7 Å². The van der Waals surface area contributed by atoms with Crippen LogP contribution in [0.4, 0.5) is 11.6 Å². The van der Waals surface area contributed by atoms with E-state index in [9.17, 15) is 0 Å². The molecular formula is C90H66N12. The number of benzene rings is 12. The van der Waals surface area contributed by atoms with Crippen molar-refractivity contribution in [3.8, 4) is 0 Å². The Morgan fingerprint density at radius 3 is 0.794 bits per heavy atom. The van der Waals surface area contributed by atoms with E-state index in [2.05, 4.69) is 156 Å². The molecule has 0 bridgehead atoms. The molecule has 1 aromatic heterocycles. The summed E-state index contributed by atoms with van der Waals surface area (Å²) in [6, 6.07) is 121. The minimum atomic E-state index is -0.878. The number of piperazine rings is 1. The molecule has 4 atom stereocenters. The summed E-state index contributed by atoms with van der Waals surface area (Å²) < 4.78 is 0. The molecule has 1 saturated heterocycles. The summed E-state index contributed by atoms with van der Waals surface area (Å²) in [7, 11) is 0. The fraction of sp³-hybridized carbons (Fsp3) is 0.0444. The minimum Gasteiger partial charge on any atom is -0.361 e. The third-order valence-corrected chi connectivity index (χ3v) is 17.9. The Labute approximate surface area is 592 Å². The van der Waals surface area contributed by atoms with Gasteiger partial charge in [-0.05, 0) is 0 Å². The van der Waals surface area contributed by atoms with Gasteiger partial charge in [-0.25, -0.2) is 34.9 Å². The fourth-order valence-corrected chi connectivity index (χ4v) is 13.0. The number of nitrogens with zero attached hydrogens (tertiary/aromatic N) is 10. The number of aliphatic imine (C=N–C) groups is 8. The average molecular weight is 1320 g/mol. The molecule has 16 rings (SSSR count). The van der Waals surface area contributed by atoms with Gasteiger partial charge in [0.25, 0.3) is 0 Å². The van der Waals surface area contributed by atoms with Gasteiger partial charge in [-0.15, -0.1) is 0 Å². The average Bonchev–Trinajstić information content (AvgIpc) is 0.720. The molecule has 0 radical (unpaired) electrons. The lowest BCUT2D eigenvalue weighted by molar-refractivity contribution is 0.337. The Balaban J connectivity index is 1.05. The van der Waals surface area contributed by atoms with E-state index in [-0.39, 0.29) is 17.5 Å². The molecule has 13 aromatic rings. The number of nitrogens with one attached hydrogen (secondary N) is 2. The quantitative estimate of drug-likeness (QED) is 0.0927. The summed E-state index contributed by atoms with van der Waals surface area (Å²) in [5.74, 6) is 1.06. The Bertz CT molecular complexity index is 5260. The smallest absolute Gasteiger partial charge is 0.199 e. The van der Waals surface area contributed by atoms with Crippen LogP contribution in [0.15, 0.2) is 404 Å². The number of fused-ring (bicyclic) bond motifs is 4. The lowest BCUT2D eigenvalue weighted by atomic mass is 9.92. The summed E-state index contributed by atoms with van der Waals surface area (Å²) in [4.78, 5) is 58.1. The first kappa shape index (κ1) is 63.3. The summed E-state index contributed by atoms with van der Waals surface area (Å²) in [6.07, 6.45) is -1.62. The van der Waals surface area contributed by atoms with Crippen LogP contribution in [0.3, 0.4) is 0 Å². The van der Waals surface area contributed by atoms with Crippen molar-refractivity contribution >= 4 is 69.0 Å². The van der Waals surface area contributed by atoms with Gasteiger partial charge in [0.15, 0.2) is 29.5 Å². The van der Waals surface area contributed by atoms with E-state index in [1.165, 1.54) is 0 Å². The molecule has 12 heteroatoms. The maximum Gasteiger partial charge on any atom is 0.199 e. The van der Waals surface area contributed by atoms with Gasteiger partial charge in [-0.3, -0.25) is 20.3 Å². The van der Waals surface area contributed by atoms with Crippen LogP contribution in [-0.2, 0) is 0 Å². The molecule has 3 heterocycles. The summed E-state index contributed by atoms with van der Waals surface area (Å²) >= 11 is 0. The maximum atomic E-state index is 5.96. The molecule has 486 valence electrons. The number of hydrogen-bond donors (Lipinski definition) is 2. The highest BCUT2D eigenvalue weighted by Crippen LogP contribution is 2.33. The van der Waals surface area contributed by atoms with Crippen LogP contribution >= 0.6 is 0 Å². The van der Waals surface area contributed by atoms with Gasteiger partial charge in [0, 0.05) is 66.8 Å². The molecule has 12 aromatic carbocycles.